The zero-order valence-corrected chi connectivity index (χ0v) is 8.19. The normalized spacial score (nSPS) is 10.5. The van der Waals surface area contributed by atoms with Crippen LogP contribution in [0.3, 0.4) is 0 Å². The Balaban J connectivity index is 2.20. The van der Waals surface area contributed by atoms with Crippen molar-refractivity contribution < 1.29 is 0 Å². The van der Waals surface area contributed by atoms with Crippen LogP contribution < -0.4 is 0 Å². The standard InChI is InChI=1S/C11H19N/c1-3-4-5-6-7-11-8-9-12-10(11)2/h8-9,12H,3-7H2,1-2H3. The van der Waals surface area contributed by atoms with Gasteiger partial charge in [-0.1, -0.05) is 26.2 Å². The van der Waals surface area contributed by atoms with E-state index in [2.05, 4.69) is 24.9 Å². The molecule has 0 aliphatic rings. The molecule has 0 atom stereocenters. The van der Waals surface area contributed by atoms with Gasteiger partial charge in [0.05, 0.1) is 0 Å². The largest absolute Gasteiger partial charge is 0.365 e. The first-order valence-electron chi connectivity index (χ1n) is 4.97. The molecule has 0 aromatic carbocycles. The molecular formula is C11H19N. The van der Waals surface area contributed by atoms with E-state index in [9.17, 15) is 0 Å². The van der Waals surface area contributed by atoms with Gasteiger partial charge in [-0.2, -0.15) is 0 Å². The van der Waals surface area contributed by atoms with Crippen molar-refractivity contribution in [2.75, 3.05) is 0 Å². The molecule has 0 aliphatic heterocycles. The number of H-pyrrole nitrogens is 1. The van der Waals surface area contributed by atoms with E-state index in [0.717, 1.165) is 0 Å². The molecule has 0 fully saturated rings. The molecule has 1 nitrogen and oxygen atoms in total. The van der Waals surface area contributed by atoms with Gasteiger partial charge < -0.3 is 4.98 Å². The molecule has 68 valence electrons. The molecule has 1 aromatic rings. The summed E-state index contributed by atoms with van der Waals surface area (Å²) in [5.74, 6) is 0. The highest BCUT2D eigenvalue weighted by molar-refractivity contribution is 5.18. The minimum Gasteiger partial charge on any atom is -0.365 e. The minimum absolute atomic E-state index is 1.25. The second kappa shape index (κ2) is 5.02. The molecule has 1 aromatic heterocycles. The maximum Gasteiger partial charge on any atom is 0.0148 e. The summed E-state index contributed by atoms with van der Waals surface area (Å²) < 4.78 is 0. The van der Waals surface area contributed by atoms with E-state index in [4.69, 9.17) is 0 Å². The molecule has 1 heteroatoms. The van der Waals surface area contributed by atoms with Gasteiger partial charge in [-0.3, -0.25) is 0 Å². The Morgan fingerprint density at radius 1 is 1.25 bits per heavy atom. The molecule has 0 saturated carbocycles. The smallest absolute Gasteiger partial charge is 0.0148 e. The topological polar surface area (TPSA) is 15.8 Å². The first-order valence-corrected chi connectivity index (χ1v) is 4.97. The number of aryl methyl sites for hydroxylation is 2. The third-order valence-electron chi connectivity index (χ3n) is 2.37. The first-order chi connectivity index (χ1) is 5.84. The van der Waals surface area contributed by atoms with Crippen molar-refractivity contribution in [2.24, 2.45) is 0 Å². The molecule has 0 aliphatic carbocycles. The predicted molar refractivity (Wildman–Crippen MR) is 53.4 cm³/mol. The lowest BCUT2D eigenvalue weighted by atomic mass is 10.1. The van der Waals surface area contributed by atoms with Crippen molar-refractivity contribution in [3.63, 3.8) is 0 Å². The molecule has 0 spiro atoms. The molecule has 0 radical (unpaired) electrons. The van der Waals surface area contributed by atoms with Gasteiger partial charge in [0.2, 0.25) is 0 Å². The Labute approximate surface area is 75.2 Å². The van der Waals surface area contributed by atoms with E-state index in [1.807, 2.05) is 6.20 Å². The van der Waals surface area contributed by atoms with E-state index >= 15 is 0 Å². The molecule has 0 bridgehead atoms. The van der Waals surface area contributed by atoms with Crippen molar-refractivity contribution in [2.45, 2.75) is 46.0 Å². The van der Waals surface area contributed by atoms with Crippen LogP contribution in [0.2, 0.25) is 0 Å². The lowest BCUT2D eigenvalue weighted by Crippen LogP contribution is -1.86. The lowest BCUT2D eigenvalue weighted by molar-refractivity contribution is 0.666. The molecule has 1 rings (SSSR count). The summed E-state index contributed by atoms with van der Waals surface area (Å²) in [4.78, 5) is 3.21. The van der Waals surface area contributed by atoms with E-state index in [1.54, 1.807) is 0 Å². The van der Waals surface area contributed by atoms with Gasteiger partial charge >= 0.3 is 0 Å². The SMILES string of the molecule is CCCCCCc1cc[nH]c1C. The Morgan fingerprint density at radius 3 is 2.67 bits per heavy atom. The van der Waals surface area contributed by atoms with Crippen LogP contribution in [0, 0.1) is 6.92 Å². The first kappa shape index (κ1) is 9.37. The maximum atomic E-state index is 3.21. The number of rotatable bonds is 5. The van der Waals surface area contributed by atoms with Crippen LogP contribution >= 0.6 is 0 Å². The minimum atomic E-state index is 1.25. The van der Waals surface area contributed by atoms with Crippen LogP contribution in [0.15, 0.2) is 12.3 Å². The van der Waals surface area contributed by atoms with Gasteiger partial charge in [0.1, 0.15) is 0 Å². The molecule has 12 heavy (non-hydrogen) atoms. The van der Waals surface area contributed by atoms with E-state index < -0.39 is 0 Å². The summed E-state index contributed by atoms with van der Waals surface area (Å²) in [5.41, 5.74) is 2.83. The molecule has 0 unspecified atom stereocenters. The number of aromatic amines is 1. The van der Waals surface area contributed by atoms with Crippen LogP contribution in [-0.2, 0) is 6.42 Å². The van der Waals surface area contributed by atoms with Gasteiger partial charge in [0.15, 0.2) is 0 Å². The van der Waals surface area contributed by atoms with Crippen LogP contribution in [0.25, 0.3) is 0 Å². The van der Waals surface area contributed by atoms with Gasteiger partial charge in [0.25, 0.3) is 0 Å². The quantitative estimate of drug-likeness (QED) is 0.643. The Kier molecular flexibility index (Phi) is 3.92. The van der Waals surface area contributed by atoms with E-state index in [0.29, 0.717) is 0 Å². The number of unbranched alkanes of at least 4 members (excludes halogenated alkanes) is 3. The molecule has 0 amide bonds. The number of hydrogen-bond donors (Lipinski definition) is 1. The van der Waals surface area contributed by atoms with Crippen molar-refractivity contribution in [1.82, 2.24) is 4.98 Å². The zero-order valence-electron chi connectivity index (χ0n) is 8.19. The summed E-state index contributed by atoms with van der Waals surface area (Å²) in [7, 11) is 0. The second-order valence-electron chi connectivity index (χ2n) is 3.44. The molecule has 0 saturated heterocycles. The van der Waals surface area contributed by atoms with E-state index in [1.165, 1.54) is 43.4 Å². The molecule has 1 heterocycles. The average Bonchev–Trinajstić information content (AvgIpc) is 2.46. The molecular weight excluding hydrogens is 146 g/mol. The van der Waals surface area contributed by atoms with Gasteiger partial charge in [0, 0.05) is 11.9 Å². The summed E-state index contributed by atoms with van der Waals surface area (Å²) in [6.45, 7) is 4.40. The van der Waals surface area contributed by atoms with Crippen LogP contribution in [-0.4, -0.2) is 4.98 Å². The fourth-order valence-corrected chi connectivity index (χ4v) is 1.50. The number of hydrogen-bond acceptors (Lipinski definition) is 0. The fourth-order valence-electron chi connectivity index (χ4n) is 1.50. The van der Waals surface area contributed by atoms with E-state index in [-0.39, 0.29) is 0 Å². The average molecular weight is 165 g/mol. The highest BCUT2D eigenvalue weighted by Gasteiger charge is 1.97. The summed E-state index contributed by atoms with van der Waals surface area (Å²) in [5, 5.41) is 0. The Bertz CT molecular complexity index is 213. The Morgan fingerprint density at radius 2 is 2.08 bits per heavy atom. The Hall–Kier alpha value is -0.720. The summed E-state index contributed by atoms with van der Waals surface area (Å²) in [6, 6.07) is 2.20. The van der Waals surface area contributed by atoms with Crippen LogP contribution in [0.5, 0.6) is 0 Å². The van der Waals surface area contributed by atoms with Gasteiger partial charge in [-0.25, -0.2) is 0 Å². The zero-order chi connectivity index (χ0) is 8.81. The predicted octanol–water partition coefficient (Wildman–Crippen LogP) is 3.45. The van der Waals surface area contributed by atoms with Gasteiger partial charge in [-0.15, -0.1) is 0 Å². The van der Waals surface area contributed by atoms with Gasteiger partial charge in [-0.05, 0) is 31.4 Å². The van der Waals surface area contributed by atoms with Crippen molar-refractivity contribution >= 4 is 0 Å². The van der Waals surface area contributed by atoms with Crippen LogP contribution in [0.1, 0.15) is 43.9 Å². The van der Waals surface area contributed by atoms with Crippen LogP contribution in [0.4, 0.5) is 0 Å². The van der Waals surface area contributed by atoms with Crippen molar-refractivity contribution in [3.8, 4) is 0 Å². The third kappa shape index (κ3) is 2.72. The summed E-state index contributed by atoms with van der Waals surface area (Å²) in [6.07, 6.45) is 8.70. The maximum absolute atomic E-state index is 3.21. The highest BCUT2D eigenvalue weighted by atomic mass is 14.7. The third-order valence-corrected chi connectivity index (χ3v) is 2.37. The summed E-state index contributed by atoms with van der Waals surface area (Å²) >= 11 is 0. The highest BCUT2D eigenvalue weighted by Crippen LogP contribution is 2.10. The number of aromatic nitrogens is 1. The van der Waals surface area contributed by atoms with Crippen molar-refractivity contribution in [3.05, 3.63) is 23.5 Å². The molecule has 1 N–H and O–H groups in total. The monoisotopic (exact) mass is 165 g/mol. The number of nitrogens with one attached hydrogen (secondary N) is 1. The lowest BCUT2D eigenvalue weighted by Gasteiger charge is -1.99. The second-order valence-corrected chi connectivity index (χ2v) is 3.44. The fraction of sp³-hybridized carbons (Fsp3) is 0.636. The van der Waals surface area contributed by atoms with Crippen molar-refractivity contribution in [1.29, 1.82) is 0 Å².